The highest BCUT2D eigenvalue weighted by atomic mass is 79.9. The zero-order valence-electron chi connectivity index (χ0n) is 9.54. The molecule has 0 aliphatic carbocycles. The lowest BCUT2D eigenvalue weighted by Crippen LogP contribution is -2.10. The molecule has 0 spiro atoms. The van der Waals surface area contributed by atoms with Gasteiger partial charge >= 0.3 is 0 Å². The molecule has 1 aromatic heterocycles. The Bertz CT molecular complexity index is 338. The average Bonchev–Trinajstić information content (AvgIpc) is 2.70. The molecule has 0 radical (unpaired) electrons. The highest BCUT2D eigenvalue weighted by Crippen LogP contribution is 2.25. The summed E-state index contributed by atoms with van der Waals surface area (Å²) in [5, 5.41) is 1.94. The van der Waals surface area contributed by atoms with Crippen LogP contribution in [0.25, 0.3) is 0 Å². The van der Waals surface area contributed by atoms with Gasteiger partial charge in [0.1, 0.15) is 0 Å². The molecule has 0 amide bonds. The first-order chi connectivity index (χ1) is 7.69. The van der Waals surface area contributed by atoms with E-state index in [1.165, 1.54) is 11.3 Å². The monoisotopic (exact) mass is 303 g/mol. The molecule has 0 saturated carbocycles. The number of ketones is 1. The minimum absolute atomic E-state index is 0.248. The standard InChI is InChI=1S/C12H18BrNOS/c1-2-9(5-7-14)3-4-11(15)12-10(13)6-8-16-12/h6,8-9H,2-5,7,14H2,1H3. The van der Waals surface area contributed by atoms with E-state index in [-0.39, 0.29) is 5.78 Å². The summed E-state index contributed by atoms with van der Waals surface area (Å²) >= 11 is 4.90. The van der Waals surface area contributed by atoms with Gasteiger partial charge in [0.25, 0.3) is 0 Å². The van der Waals surface area contributed by atoms with Gasteiger partial charge in [0, 0.05) is 10.9 Å². The Morgan fingerprint density at radius 2 is 2.31 bits per heavy atom. The predicted molar refractivity (Wildman–Crippen MR) is 73.0 cm³/mol. The SMILES string of the molecule is CCC(CCN)CCC(=O)c1sccc1Br. The van der Waals surface area contributed by atoms with Gasteiger partial charge in [0.2, 0.25) is 0 Å². The molecule has 1 rings (SSSR count). The molecule has 1 unspecified atom stereocenters. The first-order valence-electron chi connectivity index (χ1n) is 5.65. The Balaban J connectivity index is 2.43. The van der Waals surface area contributed by atoms with Gasteiger partial charge < -0.3 is 5.73 Å². The van der Waals surface area contributed by atoms with Gasteiger partial charge in [-0.2, -0.15) is 0 Å². The van der Waals surface area contributed by atoms with Crippen LogP contribution in [0.2, 0.25) is 0 Å². The third-order valence-electron chi connectivity index (χ3n) is 2.80. The van der Waals surface area contributed by atoms with Gasteiger partial charge in [0.15, 0.2) is 5.78 Å². The van der Waals surface area contributed by atoms with Crippen molar-refractivity contribution in [2.45, 2.75) is 32.6 Å². The molecule has 2 N–H and O–H groups in total. The summed E-state index contributed by atoms with van der Waals surface area (Å²) in [6.45, 7) is 2.88. The van der Waals surface area contributed by atoms with Crippen LogP contribution in [0.5, 0.6) is 0 Å². The van der Waals surface area contributed by atoms with Crippen LogP contribution in [0.3, 0.4) is 0 Å². The zero-order valence-corrected chi connectivity index (χ0v) is 11.9. The summed E-state index contributed by atoms with van der Waals surface area (Å²) in [7, 11) is 0. The highest BCUT2D eigenvalue weighted by molar-refractivity contribution is 9.10. The van der Waals surface area contributed by atoms with E-state index >= 15 is 0 Å². The second-order valence-electron chi connectivity index (χ2n) is 3.91. The molecule has 4 heteroatoms. The predicted octanol–water partition coefficient (Wildman–Crippen LogP) is 3.85. The molecule has 0 bridgehead atoms. The fourth-order valence-electron chi connectivity index (χ4n) is 1.73. The lowest BCUT2D eigenvalue weighted by atomic mass is 9.95. The maximum absolute atomic E-state index is 11.9. The van der Waals surface area contributed by atoms with Gasteiger partial charge in [-0.15, -0.1) is 11.3 Å². The molecule has 0 fully saturated rings. The molecule has 2 nitrogen and oxygen atoms in total. The first-order valence-corrected chi connectivity index (χ1v) is 7.32. The Morgan fingerprint density at radius 1 is 1.56 bits per heavy atom. The largest absolute Gasteiger partial charge is 0.330 e. The maximum Gasteiger partial charge on any atom is 0.173 e. The summed E-state index contributed by atoms with van der Waals surface area (Å²) in [5.41, 5.74) is 5.54. The van der Waals surface area contributed by atoms with Gasteiger partial charge in [-0.25, -0.2) is 0 Å². The maximum atomic E-state index is 11.9. The van der Waals surface area contributed by atoms with Crippen molar-refractivity contribution in [1.29, 1.82) is 0 Å². The number of Topliss-reactive ketones (excluding diaryl/α,β-unsaturated/α-hetero) is 1. The lowest BCUT2D eigenvalue weighted by Gasteiger charge is -2.12. The molecule has 0 aliphatic heterocycles. The van der Waals surface area contributed by atoms with Crippen LogP contribution in [-0.4, -0.2) is 12.3 Å². The van der Waals surface area contributed by atoms with Crippen molar-refractivity contribution in [1.82, 2.24) is 0 Å². The lowest BCUT2D eigenvalue weighted by molar-refractivity contribution is 0.0976. The Kier molecular flexibility index (Phi) is 6.24. The van der Waals surface area contributed by atoms with Gasteiger partial charge in [-0.1, -0.05) is 13.3 Å². The van der Waals surface area contributed by atoms with E-state index in [1.807, 2.05) is 11.4 Å². The molecule has 1 heterocycles. The first kappa shape index (κ1) is 13.9. The highest BCUT2D eigenvalue weighted by Gasteiger charge is 2.13. The van der Waals surface area contributed by atoms with E-state index in [4.69, 9.17) is 5.73 Å². The molecular weight excluding hydrogens is 286 g/mol. The number of halogens is 1. The zero-order chi connectivity index (χ0) is 12.0. The van der Waals surface area contributed by atoms with Crippen LogP contribution in [0, 0.1) is 5.92 Å². The van der Waals surface area contributed by atoms with E-state index in [9.17, 15) is 4.79 Å². The summed E-state index contributed by atoms with van der Waals surface area (Å²) in [4.78, 5) is 12.8. The van der Waals surface area contributed by atoms with Crippen molar-refractivity contribution in [2.24, 2.45) is 11.7 Å². The van der Waals surface area contributed by atoms with Gasteiger partial charge in [-0.05, 0) is 52.7 Å². The third-order valence-corrected chi connectivity index (χ3v) is 4.68. The third kappa shape index (κ3) is 4.00. The van der Waals surface area contributed by atoms with E-state index in [0.29, 0.717) is 12.3 Å². The summed E-state index contributed by atoms with van der Waals surface area (Å²) in [5.74, 6) is 0.838. The van der Waals surface area contributed by atoms with E-state index in [2.05, 4.69) is 22.9 Å². The Morgan fingerprint density at radius 3 is 2.81 bits per heavy atom. The number of thiophene rings is 1. The summed E-state index contributed by atoms with van der Waals surface area (Å²) < 4.78 is 0.925. The van der Waals surface area contributed by atoms with Crippen LogP contribution < -0.4 is 5.73 Å². The average molecular weight is 304 g/mol. The van der Waals surface area contributed by atoms with E-state index < -0.39 is 0 Å². The van der Waals surface area contributed by atoms with Crippen molar-refractivity contribution in [2.75, 3.05) is 6.54 Å². The summed E-state index contributed by atoms with van der Waals surface area (Å²) in [6, 6.07) is 1.93. The van der Waals surface area contributed by atoms with Gasteiger partial charge in [-0.3, -0.25) is 4.79 Å². The number of hydrogen-bond acceptors (Lipinski definition) is 3. The number of nitrogens with two attached hydrogens (primary N) is 1. The van der Waals surface area contributed by atoms with Crippen LogP contribution >= 0.6 is 27.3 Å². The van der Waals surface area contributed by atoms with Crippen LogP contribution in [0.4, 0.5) is 0 Å². The quantitative estimate of drug-likeness (QED) is 0.778. The van der Waals surface area contributed by atoms with Crippen molar-refractivity contribution < 1.29 is 4.79 Å². The van der Waals surface area contributed by atoms with Crippen LogP contribution in [0.1, 0.15) is 42.3 Å². The second kappa shape index (κ2) is 7.20. The molecule has 0 aliphatic rings. The van der Waals surface area contributed by atoms with Gasteiger partial charge in [0.05, 0.1) is 4.88 Å². The molecule has 16 heavy (non-hydrogen) atoms. The molecule has 1 aromatic rings. The van der Waals surface area contributed by atoms with Crippen LogP contribution in [0.15, 0.2) is 15.9 Å². The number of carbonyl (C=O) groups excluding carboxylic acids is 1. The summed E-state index contributed by atoms with van der Waals surface area (Å²) in [6.07, 6.45) is 3.72. The molecular formula is C12H18BrNOS. The fraction of sp³-hybridized carbons (Fsp3) is 0.583. The normalized spacial score (nSPS) is 12.7. The van der Waals surface area contributed by atoms with Crippen molar-refractivity contribution in [3.05, 3.63) is 20.8 Å². The minimum Gasteiger partial charge on any atom is -0.330 e. The Labute approximate surface area is 109 Å². The van der Waals surface area contributed by atoms with E-state index in [0.717, 1.165) is 35.2 Å². The second-order valence-corrected chi connectivity index (χ2v) is 5.68. The minimum atomic E-state index is 0.248. The smallest absolute Gasteiger partial charge is 0.173 e. The number of hydrogen-bond donors (Lipinski definition) is 1. The molecule has 90 valence electrons. The van der Waals surface area contributed by atoms with Crippen molar-refractivity contribution in [3.8, 4) is 0 Å². The van der Waals surface area contributed by atoms with Crippen molar-refractivity contribution in [3.63, 3.8) is 0 Å². The fourth-order valence-corrected chi connectivity index (χ4v) is 3.29. The van der Waals surface area contributed by atoms with E-state index in [1.54, 1.807) is 0 Å². The molecule has 0 saturated heterocycles. The topological polar surface area (TPSA) is 43.1 Å². The molecule has 1 atom stereocenters. The number of rotatable bonds is 7. The van der Waals surface area contributed by atoms with Crippen molar-refractivity contribution >= 4 is 33.0 Å². The molecule has 0 aromatic carbocycles. The number of carbonyl (C=O) groups is 1. The Hall–Kier alpha value is -0.190. The van der Waals surface area contributed by atoms with Crippen LogP contribution in [-0.2, 0) is 0 Å².